The van der Waals surface area contributed by atoms with E-state index in [1.54, 1.807) is 0 Å². The van der Waals surface area contributed by atoms with Crippen molar-refractivity contribution in [2.75, 3.05) is 19.6 Å². The number of benzene rings is 1. The maximum absolute atomic E-state index is 12.7. The highest BCUT2D eigenvalue weighted by Crippen LogP contribution is 2.22. The second-order valence-corrected chi connectivity index (χ2v) is 9.47. The number of imidazole rings is 1. The maximum Gasteiger partial charge on any atom is 0.262 e. The summed E-state index contributed by atoms with van der Waals surface area (Å²) in [5.74, 6) is 0.576. The van der Waals surface area contributed by atoms with Crippen molar-refractivity contribution in [3.05, 3.63) is 48.4 Å². The first-order valence-corrected chi connectivity index (χ1v) is 11.1. The van der Waals surface area contributed by atoms with E-state index in [9.17, 15) is 13.2 Å². The van der Waals surface area contributed by atoms with Gasteiger partial charge in [0, 0.05) is 25.8 Å². The van der Waals surface area contributed by atoms with E-state index < -0.39 is 10.0 Å². The third-order valence-electron chi connectivity index (χ3n) is 5.26. The Morgan fingerprint density at radius 3 is 2.61 bits per heavy atom. The molecule has 0 radical (unpaired) electrons. The number of piperidine rings is 1. The average Bonchev–Trinajstić information content (AvgIpc) is 3.16. The molecule has 1 N–H and O–H groups in total. The van der Waals surface area contributed by atoms with Crippen LogP contribution in [-0.4, -0.2) is 47.8 Å². The number of sulfonamides is 1. The zero-order valence-corrected chi connectivity index (χ0v) is 17.2. The molecule has 1 atom stereocenters. The number of nitrogens with one attached hydrogen (secondary N) is 1. The summed E-state index contributed by atoms with van der Waals surface area (Å²) in [6.07, 6.45) is 4.57. The van der Waals surface area contributed by atoms with Crippen molar-refractivity contribution in [1.82, 2.24) is 19.2 Å². The fraction of sp³-hybridized carbons (Fsp3) is 0.500. The molecule has 1 fully saturated rings. The van der Waals surface area contributed by atoms with Gasteiger partial charge in [-0.05, 0) is 30.2 Å². The predicted octanol–water partition coefficient (Wildman–Crippen LogP) is 2.22. The number of amides is 1. The van der Waals surface area contributed by atoms with Crippen LogP contribution in [0.25, 0.3) is 0 Å². The number of hydrogen-bond acceptors (Lipinski definition) is 4. The molecule has 3 rings (SSSR count). The minimum atomic E-state index is -3.59. The largest absolute Gasteiger partial charge is 0.354 e. The molecular formula is C20H28N4O3S. The molecule has 28 heavy (non-hydrogen) atoms. The topological polar surface area (TPSA) is 84.3 Å². The molecule has 0 spiro atoms. The van der Waals surface area contributed by atoms with Gasteiger partial charge < -0.3 is 9.88 Å². The standard InChI is InChI=1S/C20H28N4O3S/c1-16-8-10-24(11-9-16)28(26,27)20-14-23(15-22-20)13-19(25)21-12-17(2)18-6-4-3-5-7-18/h3-7,14-17H,8-13H2,1-2H3,(H,21,25)/t17-/m1/s1. The van der Waals surface area contributed by atoms with E-state index in [1.807, 2.05) is 30.3 Å². The van der Waals surface area contributed by atoms with E-state index >= 15 is 0 Å². The number of rotatable bonds is 7. The van der Waals surface area contributed by atoms with E-state index in [1.165, 1.54) is 21.4 Å². The number of hydrogen-bond donors (Lipinski definition) is 1. The number of carbonyl (C=O) groups is 1. The lowest BCUT2D eigenvalue weighted by Gasteiger charge is -2.28. The summed E-state index contributed by atoms with van der Waals surface area (Å²) >= 11 is 0. The van der Waals surface area contributed by atoms with Crippen LogP contribution in [0.3, 0.4) is 0 Å². The van der Waals surface area contributed by atoms with Gasteiger partial charge >= 0.3 is 0 Å². The quantitative estimate of drug-likeness (QED) is 0.767. The molecule has 1 aliphatic rings. The van der Waals surface area contributed by atoms with Gasteiger partial charge in [-0.1, -0.05) is 44.2 Å². The molecule has 1 aliphatic heterocycles. The molecule has 0 saturated carbocycles. The van der Waals surface area contributed by atoms with Gasteiger partial charge in [0.25, 0.3) is 10.0 Å². The summed E-state index contributed by atoms with van der Waals surface area (Å²) in [6.45, 7) is 5.80. The van der Waals surface area contributed by atoms with Gasteiger partial charge in [0.15, 0.2) is 5.03 Å². The predicted molar refractivity (Wildman–Crippen MR) is 107 cm³/mol. The Balaban J connectivity index is 1.54. The van der Waals surface area contributed by atoms with Crippen LogP contribution in [0.1, 0.15) is 38.2 Å². The Bertz CT molecular complexity index is 887. The summed E-state index contributed by atoms with van der Waals surface area (Å²) in [5.41, 5.74) is 1.16. The molecule has 0 unspecified atom stereocenters. The Labute approximate surface area is 166 Å². The summed E-state index contributed by atoms with van der Waals surface area (Å²) in [4.78, 5) is 16.3. The number of nitrogens with zero attached hydrogens (tertiary/aromatic N) is 3. The smallest absolute Gasteiger partial charge is 0.262 e. The fourth-order valence-corrected chi connectivity index (χ4v) is 4.71. The van der Waals surface area contributed by atoms with Crippen molar-refractivity contribution in [2.45, 2.75) is 44.2 Å². The first kappa shape index (κ1) is 20.5. The van der Waals surface area contributed by atoms with Crippen LogP contribution < -0.4 is 5.32 Å². The second kappa shape index (κ2) is 8.87. The fourth-order valence-electron chi connectivity index (χ4n) is 3.30. The van der Waals surface area contributed by atoms with E-state index in [-0.39, 0.29) is 23.4 Å². The molecule has 1 saturated heterocycles. The zero-order valence-electron chi connectivity index (χ0n) is 16.4. The SMILES string of the molecule is CC1CCN(S(=O)(=O)c2cn(CC(=O)NC[C@@H](C)c3ccccc3)cn2)CC1. The lowest BCUT2D eigenvalue weighted by molar-refractivity contribution is -0.121. The molecule has 0 bridgehead atoms. The second-order valence-electron chi connectivity index (χ2n) is 7.59. The minimum absolute atomic E-state index is 0.00695. The summed E-state index contributed by atoms with van der Waals surface area (Å²) < 4.78 is 28.4. The van der Waals surface area contributed by atoms with Gasteiger partial charge in [0.2, 0.25) is 5.91 Å². The number of carbonyl (C=O) groups excluding carboxylic acids is 1. The molecule has 1 aromatic carbocycles. The highest BCUT2D eigenvalue weighted by atomic mass is 32.2. The summed E-state index contributed by atoms with van der Waals surface area (Å²) in [5, 5.41) is 2.91. The highest BCUT2D eigenvalue weighted by Gasteiger charge is 2.29. The van der Waals surface area contributed by atoms with Crippen molar-refractivity contribution >= 4 is 15.9 Å². The van der Waals surface area contributed by atoms with Gasteiger partial charge in [-0.2, -0.15) is 4.31 Å². The molecule has 0 aliphatic carbocycles. The molecule has 1 aromatic heterocycles. The number of aromatic nitrogens is 2. The van der Waals surface area contributed by atoms with Gasteiger partial charge in [-0.3, -0.25) is 4.79 Å². The van der Waals surface area contributed by atoms with Crippen LogP contribution >= 0.6 is 0 Å². The van der Waals surface area contributed by atoms with Crippen LogP contribution in [0.2, 0.25) is 0 Å². The molecule has 7 nitrogen and oxygen atoms in total. The molecule has 152 valence electrons. The Morgan fingerprint density at radius 1 is 1.25 bits per heavy atom. The molecule has 2 heterocycles. The zero-order chi connectivity index (χ0) is 20.1. The minimum Gasteiger partial charge on any atom is -0.354 e. The highest BCUT2D eigenvalue weighted by molar-refractivity contribution is 7.89. The van der Waals surface area contributed by atoms with Crippen LogP contribution in [0.5, 0.6) is 0 Å². The average molecular weight is 405 g/mol. The van der Waals surface area contributed by atoms with Crippen LogP contribution in [0.15, 0.2) is 47.9 Å². The summed E-state index contributed by atoms with van der Waals surface area (Å²) in [6, 6.07) is 9.98. The first-order valence-electron chi connectivity index (χ1n) is 9.70. The Morgan fingerprint density at radius 2 is 1.93 bits per heavy atom. The molecule has 2 aromatic rings. The van der Waals surface area contributed by atoms with Gasteiger partial charge in [-0.15, -0.1) is 0 Å². The third-order valence-corrected chi connectivity index (χ3v) is 7.04. The first-order chi connectivity index (χ1) is 13.4. The molecule has 8 heteroatoms. The van der Waals surface area contributed by atoms with Crippen molar-refractivity contribution in [3.63, 3.8) is 0 Å². The summed E-state index contributed by atoms with van der Waals surface area (Å²) in [7, 11) is -3.59. The normalized spacial score (nSPS) is 17.4. The van der Waals surface area contributed by atoms with Gasteiger partial charge in [0.1, 0.15) is 6.54 Å². The monoisotopic (exact) mass is 404 g/mol. The van der Waals surface area contributed by atoms with Gasteiger partial charge in [0.05, 0.1) is 6.33 Å². The van der Waals surface area contributed by atoms with Crippen LogP contribution in [-0.2, 0) is 21.4 Å². The molecular weight excluding hydrogens is 376 g/mol. The van der Waals surface area contributed by atoms with Gasteiger partial charge in [-0.25, -0.2) is 13.4 Å². The lowest BCUT2D eigenvalue weighted by Crippen LogP contribution is -2.38. The Hall–Kier alpha value is -2.19. The van der Waals surface area contributed by atoms with E-state index in [0.29, 0.717) is 25.6 Å². The van der Waals surface area contributed by atoms with E-state index in [2.05, 4.69) is 24.1 Å². The van der Waals surface area contributed by atoms with Crippen molar-refractivity contribution in [1.29, 1.82) is 0 Å². The van der Waals surface area contributed by atoms with Crippen molar-refractivity contribution in [3.8, 4) is 0 Å². The van der Waals surface area contributed by atoms with Crippen molar-refractivity contribution in [2.24, 2.45) is 5.92 Å². The maximum atomic E-state index is 12.7. The van der Waals surface area contributed by atoms with E-state index in [0.717, 1.165) is 18.4 Å². The Kier molecular flexibility index (Phi) is 6.51. The van der Waals surface area contributed by atoms with Crippen molar-refractivity contribution < 1.29 is 13.2 Å². The van der Waals surface area contributed by atoms with Crippen LogP contribution in [0, 0.1) is 5.92 Å². The molecule has 1 amide bonds. The van der Waals surface area contributed by atoms with Crippen LogP contribution in [0.4, 0.5) is 0 Å². The van der Waals surface area contributed by atoms with E-state index in [4.69, 9.17) is 0 Å². The third kappa shape index (κ3) is 4.99. The lowest BCUT2D eigenvalue weighted by atomic mass is 10.0.